The Morgan fingerprint density at radius 2 is 1.94 bits per heavy atom. The minimum Gasteiger partial charge on any atom is -0.267 e. The summed E-state index contributed by atoms with van der Waals surface area (Å²) >= 11 is 0. The fourth-order valence-corrected chi connectivity index (χ4v) is 2.56. The molecule has 0 radical (unpaired) electrons. The van der Waals surface area contributed by atoms with Gasteiger partial charge in [-0.3, -0.25) is 4.79 Å². The van der Waals surface area contributed by atoms with E-state index in [0.29, 0.717) is 22.8 Å². The summed E-state index contributed by atoms with van der Waals surface area (Å²) in [7, 11) is 0. The van der Waals surface area contributed by atoms with Crippen molar-refractivity contribution in [1.82, 2.24) is 5.01 Å². The van der Waals surface area contributed by atoms with E-state index in [1.807, 2.05) is 24.4 Å². The Bertz CT molecular complexity index is 509. The third kappa shape index (κ3) is 1.67. The van der Waals surface area contributed by atoms with E-state index in [2.05, 4.69) is 25.0 Å². The number of amides is 1. The van der Waals surface area contributed by atoms with Crippen LogP contribution in [0.2, 0.25) is 0 Å². The summed E-state index contributed by atoms with van der Waals surface area (Å²) in [5, 5.41) is 5.72. The fraction of sp³-hybridized carbons (Fsp3) is 0.333. The lowest BCUT2D eigenvalue weighted by Crippen LogP contribution is -2.20. The molecule has 1 amide bonds. The van der Waals surface area contributed by atoms with Gasteiger partial charge in [-0.2, -0.15) is 5.10 Å². The minimum atomic E-state index is -0.0813. The highest BCUT2D eigenvalue weighted by Crippen LogP contribution is 2.58. The molecule has 0 N–H and O–H groups in total. The van der Waals surface area contributed by atoms with Crippen LogP contribution in [-0.2, 0) is 0 Å². The zero-order valence-electron chi connectivity index (χ0n) is 10.6. The van der Waals surface area contributed by atoms with Crippen molar-refractivity contribution in [3.05, 3.63) is 48.2 Å². The summed E-state index contributed by atoms with van der Waals surface area (Å²) in [6.45, 7) is 4.46. The van der Waals surface area contributed by atoms with Gasteiger partial charge in [0.15, 0.2) is 0 Å². The highest BCUT2D eigenvalue weighted by Gasteiger charge is 2.55. The van der Waals surface area contributed by atoms with E-state index in [4.69, 9.17) is 0 Å². The predicted octanol–water partition coefficient (Wildman–Crippen LogP) is 2.91. The van der Waals surface area contributed by atoms with Crippen LogP contribution < -0.4 is 0 Å². The molecule has 1 aromatic rings. The molecule has 1 heterocycles. The summed E-state index contributed by atoms with van der Waals surface area (Å²) in [5.41, 5.74) is 0.955. The molecule has 92 valence electrons. The maximum absolute atomic E-state index is 12.2. The van der Waals surface area contributed by atoms with E-state index >= 15 is 0 Å². The summed E-state index contributed by atoms with van der Waals surface area (Å²) in [6, 6.07) is 9.23. The number of hydrazone groups is 1. The Morgan fingerprint density at radius 3 is 2.67 bits per heavy atom. The molecule has 0 saturated heterocycles. The third-order valence-electron chi connectivity index (χ3n) is 4.01. The van der Waals surface area contributed by atoms with Gasteiger partial charge in [0, 0.05) is 23.9 Å². The molecule has 1 aliphatic carbocycles. The van der Waals surface area contributed by atoms with Gasteiger partial charge in [-0.05, 0) is 23.5 Å². The topological polar surface area (TPSA) is 32.7 Å². The molecule has 2 atom stereocenters. The van der Waals surface area contributed by atoms with E-state index in [-0.39, 0.29) is 5.91 Å². The molecule has 1 fully saturated rings. The van der Waals surface area contributed by atoms with Crippen LogP contribution in [0.5, 0.6) is 0 Å². The van der Waals surface area contributed by atoms with E-state index in [1.165, 1.54) is 5.01 Å². The number of fused-ring (bicyclic) bond motifs is 1. The molecule has 2 aliphatic rings. The molecule has 3 heteroatoms. The summed E-state index contributed by atoms with van der Waals surface area (Å²) < 4.78 is 0. The van der Waals surface area contributed by atoms with Crippen LogP contribution in [0.4, 0.5) is 0 Å². The standard InChI is InChI=1S/C15H16N2O/c1-15(2)12-8-9-17(16-10-13(12)15)14(18)11-6-4-3-5-7-11/h3-10,12-13H,1-2H3. The average Bonchev–Trinajstić information content (AvgIpc) is 3.00. The van der Waals surface area contributed by atoms with Crippen molar-refractivity contribution in [1.29, 1.82) is 0 Å². The molecule has 1 aliphatic heterocycles. The number of hydrogen-bond acceptors (Lipinski definition) is 2. The van der Waals surface area contributed by atoms with Crippen LogP contribution in [0.3, 0.4) is 0 Å². The smallest absolute Gasteiger partial charge is 0.267 e. The number of carbonyl (C=O) groups is 1. The number of allylic oxidation sites excluding steroid dienone is 1. The lowest BCUT2D eigenvalue weighted by molar-refractivity contribution is 0.0826. The van der Waals surface area contributed by atoms with Crippen LogP contribution in [0.25, 0.3) is 0 Å². The van der Waals surface area contributed by atoms with Crippen LogP contribution in [0.1, 0.15) is 24.2 Å². The Labute approximate surface area is 107 Å². The second kappa shape index (κ2) is 3.80. The summed E-state index contributed by atoms with van der Waals surface area (Å²) in [6.07, 6.45) is 5.80. The Kier molecular flexibility index (Phi) is 2.37. The van der Waals surface area contributed by atoms with Gasteiger partial charge in [0.25, 0.3) is 5.91 Å². The Hall–Kier alpha value is -1.90. The molecule has 0 bridgehead atoms. The molecular formula is C15H16N2O. The monoisotopic (exact) mass is 240 g/mol. The molecule has 3 nitrogen and oxygen atoms in total. The van der Waals surface area contributed by atoms with Crippen molar-refractivity contribution in [2.45, 2.75) is 13.8 Å². The van der Waals surface area contributed by atoms with Gasteiger partial charge in [0.05, 0.1) is 0 Å². The van der Waals surface area contributed by atoms with E-state index in [1.54, 1.807) is 18.3 Å². The summed E-state index contributed by atoms with van der Waals surface area (Å²) in [5.74, 6) is 0.888. The second-order valence-electron chi connectivity index (χ2n) is 5.49. The molecule has 18 heavy (non-hydrogen) atoms. The van der Waals surface area contributed by atoms with Crippen molar-refractivity contribution in [2.24, 2.45) is 22.4 Å². The first-order chi connectivity index (χ1) is 8.60. The van der Waals surface area contributed by atoms with E-state index < -0.39 is 0 Å². The first-order valence-corrected chi connectivity index (χ1v) is 6.22. The normalized spacial score (nSPS) is 27.6. The van der Waals surface area contributed by atoms with Crippen molar-refractivity contribution >= 4 is 12.1 Å². The Morgan fingerprint density at radius 1 is 1.22 bits per heavy atom. The van der Waals surface area contributed by atoms with Gasteiger partial charge in [0.1, 0.15) is 0 Å². The number of benzene rings is 1. The van der Waals surface area contributed by atoms with Gasteiger partial charge >= 0.3 is 0 Å². The first kappa shape index (κ1) is 11.2. The van der Waals surface area contributed by atoms with Gasteiger partial charge in [-0.15, -0.1) is 0 Å². The van der Waals surface area contributed by atoms with Crippen molar-refractivity contribution in [2.75, 3.05) is 0 Å². The molecular weight excluding hydrogens is 224 g/mol. The number of hydrogen-bond donors (Lipinski definition) is 0. The minimum absolute atomic E-state index is 0.0813. The van der Waals surface area contributed by atoms with Gasteiger partial charge in [-0.1, -0.05) is 38.1 Å². The maximum atomic E-state index is 12.2. The van der Waals surface area contributed by atoms with Crippen molar-refractivity contribution in [3.63, 3.8) is 0 Å². The van der Waals surface area contributed by atoms with Gasteiger partial charge in [-0.25, -0.2) is 5.01 Å². The zero-order chi connectivity index (χ0) is 12.8. The highest BCUT2D eigenvalue weighted by atomic mass is 16.2. The number of nitrogens with zero attached hydrogens (tertiary/aromatic N) is 2. The number of rotatable bonds is 1. The van der Waals surface area contributed by atoms with Crippen molar-refractivity contribution < 1.29 is 4.79 Å². The molecule has 0 spiro atoms. The zero-order valence-corrected chi connectivity index (χ0v) is 10.6. The first-order valence-electron chi connectivity index (χ1n) is 6.22. The van der Waals surface area contributed by atoms with Crippen LogP contribution in [0.15, 0.2) is 47.7 Å². The molecule has 1 saturated carbocycles. The fourth-order valence-electron chi connectivity index (χ4n) is 2.56. The van der Waals surface area contributed by atoms with Crippen LogP contribution in [0, 0.1) is 17.3 Å². The van der Waals surface area contributed by atoms with E-state index in [0.717, 1.165) is 0 Å². The van der Waals surface area contributed by atoms with Gasteiger partial charge in [0.2, 0.25) is 0 Å². The van der Waals surface area contributed by atoms with Crippen LogP contribution in [-0.4, -0.2) is 17.1 Å². The lowest BCUT2D eigenvalue weighted by atomic mass is 10.1. The van der Waals surface area contributed by atoms with E-state index in [9.17, 15) is 4.79 Å². The number of carbonyl (C=O) groups excluding carboxylic acids is 1. The largest absolute Gasteiger partial charge is 0.278 e. The van der Waals surface area contributed by atoms with Gasteiger partial charge < -0.3 is 0 Å². The van der Waals surface area contributed by atoms with Crippen molar-refractivity contribution in [3.8, 4) is 0 Å². The predicted molar refractivity (Wildman–Crippen MR) is 71.0 cm³/mol. The third-order valence-corrected chi connectivity index (χ3v) is 4.01. The molecule has 3 rings (SSSR count). The highest BCUT2D eigenvalue weighted by molar-refractivity contribution is 5.95. The lowest BCUT2D eigenvalue weighted by Gasteiger charge is -2.12. The second-order valence-corrected chi connectivity index (χ2v) is 5.49. The quantitative estimate of drug-likeness (QED) is 0.743. The summed E-state index contributed by atoms with van der Waals surface area (Å²) in [4.78, 5) is 12.2. The maximum Gasteiger partial charge on any atom is 0.278 e. The molecule has 2 unspecified atom stereocenters. The molecule has 1 aromatic carbocycles. The van der Waals surface area contributed by atoms with Crippen LogP contribution >= 0.6 is 0 Å². The molecule has 0 aromatic heterocycles. The SMILES string of the molecule is CC1(C)C2C=CN(C(=O)c3ccccc3)N=CC21. The Balaban J connectivity index is 1.81. The average molecular weight is 240 g/mol.